The highest BCUT2D eigenvalue weighted by molar-refractivity contribution is 6.30. The van der Waals surface area contributed by atoms with Crippen molar-refractivity contribution in [3.8, 4) is 0 Å². The van der Waals surface area contributed by atoms with E-state index in [1.165, 1.54) is 0 Å². The predicted molar refractivity (Wildman–Crippen MR) is 74.1 cm³/mol. The zero-order valence-electron chi connectivity index (χ0n) is 10.8. The van der Waals surface area contributed by atoms with Crippen molar-refractivity contribution in [3.63, 3.8) is 0 Å². The smallest absolute Gasteiger partial charge is 0.245 e. The summed E-state index contributed by atoms with van der Waals surface area (Å²) in [6.45, 7) is 1.29. The first-order chi connectivity index (χ1) is 9.27. The largest absolute Gasteiger partial charge is 0.374 e. The van der Waals surface area contributed by atoms with Crippen LogP contribution in [-0.2, 0) is 9.53 Å². The van der Waals surface area contributed by atoms with Crippen LogP contribution < -0.4 is 0 Å². The first-order valence-corrected chi connectivity index (χ1v) is 7.32. The molecule has 1 aliphatic carbocycles. The molecule has 3 rings (SSSR count). The molecule has 1 saturated carbocycles. The number of rotatable bonds is 2. The third-order valence-corrected chi connectivity index (χ3v) is 4.51. The number of halogens is 1. The molecule has 102 valence electrons. The fourth-order valence-electron chi connectivity index (χ4n) is 3.11. The van der Waals surface area contributed by atoms with Gasteiger partial charge in [-0.3, -0.25) is 4.79 Å². The Kier molecular flexibility index (Phi) is 3.76. The van der Waals surface area contributed by atoms with Crippen molar-refractivity contribution in [1.82, 2.24) is 4.90 Å². The van der Waals surface area contributed by atoms with Crippen LogP contribution in [0.1, 0.15) is 30.2 Å². The van der Waals surface area contributed by atoms with Crippen LogP contribution in [0.5, 0.6) is 0 Å². The van der Waals surface area contributed by atoms with E-state index in [0.717, 1.165) is 24.8 Å². The van der Waals surface area contributed by atoms with E-state index in [9.17, 15) is 4.79 Å². The van der Waals surface area contributed by atoms with Crippen molar-refractivity contribution < 1.29 is 9.53 Å². The Bertz CT molecular complexity index is 451. The molecule has 4 heteroatoms. The lowest BCUT2D eigenvalue weighted by molar-refractivity contribution is -0.143. The van der Waals surface area contributed by atoms with E-state index in [-0.39, 0.29) is 18.1 Å². The van der Waals surface area contributed by atoms with Gasteiger partial charge in [0.1, 0.15) is 5.38 Å². The molecular formula is C15H18ClNO2. The van der Waals surface area contributed by atoms with Crippen LogP contribution in [-0.4, -0.2) is 36.1 Å². The van der Waals surface area contributed by atoms with E-state index in [1.807, 2.05) is 35.2 Å². The maximum atomic E-state index is 12.6. The summed E-state index contributed by atoms with van der Waals surface area (Å²) in [6.07, 6.45) is 3.45. The lowest BCUT2D eigenvalue weighted by atomic mass is 10.1. The summed E-state index contributed by atoms with van der Waals surface area (Å²) in [5, 5.41) is -0.583. The maximum Gasteiger partial charge on any atom is 0.245 e. The Balaban J connectivity index is 1.76. The SMILES string of the molecule is O=C(C(Cl)c1ccccc1)N1CCOC2CCCC21. The van der Waals surface area contributed by atoms with Crippen LogP contribution in [0.4, 0.5) is 0 Å². The van der Waals surface area contributed by atoms with Crippen LogP contribution in [0.15, 0.2) is 30.3 Å². The second kappa shape index (κ2) is 5.51. The van der Waals surface area contributed by atoms with Crippen molar-refractivity contribution in [3.05, 3.63) is 35.9 Å². The lowest BCUT2D eigenvalue weighted by Gasteiger charge is -2.38. The number of carbonyl (C=O) groups is 1. The molecule has 19 heavy (non-hydrogen) atoms. The molecule has 2 aliphatic rings. The zero-order valence-corrected chi connectivity index (χ0v) is 11.6. The van der Waals surface area contributed by atoms with E-state index in [1.54, 1.807) is 0 Å². The second-order valence-electron chi connectivity index (χ2n) is 5.21. The number of carbonyl (C=O) groups excluding carboxylic acids is 1. The number of hydrogen-bond acceptors (Lipinski definition) is 2. The quantitative estimate of drug-likeness (QED) is 0.779. The van der Waals surface area contributed by atoms with Gasteiger partial charge >= 0.3 is 0 Å². The summed E-state index contributed by atoms with van der Waals surface area (Å²) in [5.41, 5.74) is 0.871. The normalized spacial score (nSPS) is 27.9. The standard InChI is InChI=1S/C15H18ClNO2/c16-14(11-5-2-1-3-6-11)15(18)17-9-10-19-13-8-4-7-12(13)17/h1-3,5-6,12-14H,4,7-10H2. The van der Waals surface area contributed by atoms with Crippen molar-refractivity contribution >= 4 is 17.5 Å². The topological polar surface area (TPSA) is 29.5 Å². The summed E-state index contributed by atoms with van der Waals surface area (Å²) in [6, 6.07) is 9.79. The van der Waals surface area contributed by atoms with Crippen LogP contribution >= 0.6 is 11.6 Å². The molecule has 0 aromatic heterocycles. The monoisotopic (exact) mass is 279 g/mol. The van der Waals surface area contributed by atoms with E-state index in [0.29, 0.717) is 13.2 Å². The Labute approximate surface area is 118 Å². The molecular weight excluding hydrogens is 262 g/mol. The molecule has 0 N–H and O–H groups in total. The molecule has 3 atom stereocenters. The molecule has 3 nitrogen and oxygen atoms in total. The van der Waals surface area contributed by atoms with Crippen molar-refractivity contribution in [1.29, 1.82) is 0 Å². The Morgan fingerprint density at radius 1 is 1.32 bits per heavy atom. The molecule has 3 unspecified atom stereocenters. The highest BCUT2D eigenvalue weighted by Crippen LogP contribution is 2.33. The average Bonchev–Trinajstić information content (AvgIpc) is 2.95. The van der Waals surface area contributed by atoms with Gasteiger partial charge < -0.3 is 9.64 Å². The summed E-state index contributed by atoms with van der Waals surface area (Å²) in [7, 11) is 0. The predicted octanol–water partition coefficient (Wildman–Crippen LogP) is 2.75. The molecule has 1 saturated heterocycles. The molecule has 0 spiro atoms. The highest BCUT2D eigenvalue weighted by Gasteiger charge is 2.40. The van der Waals surface area contributed by atoms with E-state index >= 15 is 0 Å². The maximum absolute atomic E-state index is 12.6. The van der Waals surface area contributed by atoms with Gasteiger partial charge in [-0.2, -0.15) is 0 Å². The van der Waals surface area contributed by atoms with Crippen molar-refractivity contribution in [2.75, 3.05) is 13.2 Å². The van der Waals surface area contributed by atoms with Crippen LogP contribution in [0, 0.1) is 0 Å². The van der Waals surface area contributed by atoms with Gasteiger partial charge in [0.25, 0.3) is 0 Å². The molecule has 1 aromatic rings. The minimum atomic E-state index is -0.583. The molecule has 1 aromatic carbocycles. The van der Waals surface area contributed by atoms with Crippen LogP contribution in [0.2, 0.25) is 0 Å². The molecule has 2 fully saturated rings. The van der Waals surface area contributed by atoms with Gasteiger partial charge in [-0.05, 0) is 24.8 Å². The molecule has 0 radical (unpaired) electrons. The van der Waals surface area contributed by atoms with Gasteiger partial charge in [0.2, 0.25) is 5.91 Å². The number of hydrogen-bond donors (Lipinski definition) is 0. The zero-order chi connectivity index (χ0) is 13.2. The van der Waals surface area contributed by atoms with Crippen LogP contribution in [0.3, 0.4) is 0 Å². The minimum absolute atomic E-state index is 0.0214. The molecule has 1 aliphatic heterocycles. The van der Waals surface area contributed by atoms with Gasteiger partial charge in [-0.1, -0.05) is 30.3 Å². The third kappa shape index (κ3) is 2.49. The highest BCUT2D eigenvalue weighted by atomic mass is 35.5. The van der Waals surface area contributed by atoms with Crippen molar-refractivity contribution in [2.24, 2.45) is 0 Å². The summed E-state index contributed by atoms with van der Waals surface area (Å²) in [5.74, 6) is 0.0214. The van der Waals surface area contributed by atoms with E-state index in [2.05, 4.69) is 0 Å². The Hall–Kier alpha value is -1.06. The number of nitrogens with zero attached hydrogens (tertiary/aromatic N) is 1. The first-order valence-electron chi connectivity index (χ1n) is 6.88. The number of fused-ring (bicyclic) bond motifs is 1. The fourth-order valence-corrected chi connectivity index (χ4v) is 3.38. The molecule has 1 amide bonds. The number of ether oxygens (including phenoxy) is 1. The van der Waals surface area contributed by atoms with E-state index in [4.69, 9.17) is 16.3 Å². The van der Waals surface area contributed by atoms with Gasteiger partial charge in [0, 0.05) is 6.54 Å². The summed E-state index contributed by atoms with van der Waals surface area (Å²) >= 11 is 6.35. The van der Waals surface area contributed by atoms with Gasteiger partial charge in [0.15, 0.2) is 0 Å². The molecule has 1 heterocycles. The minimum Gasteiger partial charge on any atom is -0.374 e. The second-order valence-corrected chi connectivity index (χ2v) is 5.65. The fraction of sp³-hybridized carbons (Fsp3) is 0.533. The first kappa shape index (κ1) is 12.9. The number of benzene rings is 1. The van der Waals surface area contributed by atoms with E-state index < -0.39 is 5.38 Å². The van der Waals surface area contributed by atoms with Gasteiger partial charge in [-0.15, -0.1) is 11.6 Å². The molecule has 0 bridgehead atoms. The van der Waals surface area contributed by atoms with Gasteiger partial charge in [-0.25, -0.2) is 0 Å². The lowest BCUT2D eigenvalue weighted by Crippen LogP contribution is -2.52. The number of amides is 1. The number of alkyl halides is 1. The summed E-state index contributed by atoms with van der Waals surface area (Å²) < 4.78 is 5.73. The third-order valence-electron chi connectivity index (χ3n) is 4.07. The number of morpholine rings is 1. The summed E-state index contributed by atoms with van der Waals surface area (Å²) in [4.78, 5) is 14.5. The Morgan fingerprint density at radius 3 is 2.89 bits per heavy atom. The van der Waals surface area contributed by atoms with Gasteiger partial charge in [0.05, 0.1) is 18.8 Å². The van der Waals surface area contributed by atoms with Crippen LogP contribution in [0.25, 0.3) is 0 Å². The Morgan fingerprint density at radius 2 is 2.11 bits per heavy atom. The van der Waals surface area contributed by atoms with Crippen molar-refractivity contribution in [2.45, 2.75) is 36.8 Å². The average molecular weight is 280 g/mol.